The largest absolute Gasteiger partial charge is 0.461 e. The number of anilines is 2. The maximum Gasteiger partial charge on any atom is 0.255 e. The molecule has 0 bridgehead atoms. The van der Waals surface area contributed by atoms with E-state index in [9.17, 15) is 4.79 Å². The first-order chi connectivity index (χ1) is 17.0. The van der Waals surface area contributed by atoms with E-state index in [-0.39, 0.29) is 18.0 Å². The molecular formula is C28H31N5O2. The van der Waals surface area contributed by atoms with Gasteiger partial charge in [-0.05, 0) is 50.8 Å². The molecule has 2 aromatic carbocycles. The van der Waals surface area contributed by atoms with Gasteiger partial charge in [0.1, 0.15) is 17.3 Å². The molecule has 7 heteroatoms. The summed E-state index contributed by atoms with van der Waals surface area (Å²) in [6.45, 7) is 1.84. The van der Waals surface area contributed by atoms with Gasteiger partial charge in [-0.3, -0.25) is 4.79 Å². The number of fused-ring (bicyclic) bond motifs is 1. The highest BCUT2D eigenvalue weighted by Crippen LogP contribution is 2.28. The lowest BCUT2D eigenvalue weighted by atomic mass is 9.91. The second kappa shape index (κ2) is 9.78. The monoisotopic (exact) mass is 469 g/mol. The Kier molecular flexibility index (Phi) is 6.40. The van der Waals surface area contributed by atoms with Crippen LogP contribution in [0.4, 0.5) is 11.8 Å². The summed E-state index contributed by atoms with van der Waals surface area (Å²) < 4.78 is 5.86. The van der Waals surface area contributed by atoms with Gasteiger partial charge in [-0.2, -0.15) is 4.98 Å². The topological polar surface area (TPSA) is 83.3 Å². The van der Waals surface area contributed by atoms with Crippen LogP contribution in [0.25, 0.3) is 22.2 Å². The normalized spacial score (nSPS) is 17.8. The molecule has 2 N–H and O–H groups in total. The molecule has 2 heterocycles. The number of para-hydroxylation sites is 1. The minimum Gasteiger partial charge on any atom is -0.461 e. The van der Waals surface area contributed by atoms with Crippen molar-refractivity contribution in [1.82, 2.24) is 15.3 Å². The van der Waals surface area contributed by atoms with Gasteiger partial charge in [-0.25, -0.2) is 4.98 Å². The van der Waals surface area contributed by atoms with E-state index < -0.39 is 0 Å². The van der Waals surface area contributed by atoms with E-state index in [0.29, 0.717) is 23.0 Å². The third kappa shape index (κ3) is 4.99. The SMILES string of the molecule is Cc1oc(-c2ccccc2)cc1C(=O)NC1CCC(Nc2nc(N(C)C)c3ccccc3n2)CC1. The van der Waals surface area contributed by atoms with Crippen LogP contribution in [0.3, 0.4) is 0 Å². The molecule has 35 heavy (non-hydrogen) atoms. The summed E-state index contributed by atoms with van der Waals surface area (Å²) in [5.74, 6) is 2.85. The molecule has 0 aliphatic heterocycles. The van der Waals surface area contributed by atoms with Gasteiger partial charge in [-0.1, -0.05) is 42.5 Å². The number of nitrogens with one attached hydrogen (secondary N) is 2. The highest BCUT2D eigenvalue weighted by atomic mass is 16.3. The first-order valence-corrected chi connectivity index (χ1v) is 12.2. The minimum atomic E-state index is -0.0710. The van der Waals surface area contributed by atoms with Gasteiger partial charge in [-0.15, -0.1) is 0 Å². The quantitative estimate of drug-likeness (QED) is 0.392. The van der Waals surface area contributed by atoms with Crippen LogP contribution in [0.15, 0.2) is 65.1 Å². The number of aryl methyl sites for hydroxylation is 1. The van der Waals surface area contributed by atoms with Crippen molar-refractivity contribution in [2.75, 3.05) is 24.3 Å². The summed E-state index contributed by atoms with van der Waals surface area (Å²) in [5, 5.41) is 7.78. The zero-order valence-electron chi connectivity index (χ0n) is 20.4. The lowest BCUT2D eigenvalue weighted by molar-refractivity contribution is 0.0925. The first kappa shape index (κ1) is 22.9. The van der Waals surface area contributed by atoms with E-state index in [1.54, 1.807) is 0 Å². The molecule has 1 fully saturated rings. The van der Waals surface area contributed by atoms with Crippen molar-refractivity contribution in [1.29, 1.82) is 0 Å². The van der Waals surface area contributed by atoms with Crippen LogP contribution in [0, 0.1) is 6.92 Å². The van der Waals surface area contributed by atoms with Crippen LogP contribution in [0.1, 0.15) is 41.8 Å². The van der Waals surface area contributed by atoms with Crippen LogP contribution in [-0.2, 0) is 0 Å². The van der Waals surface area contributed by atoms with Crippen molar-refractivity contribution in [2.24, 2.45) is 0 Å². The van der Waals surface area contributed by atoms with E-state index in [1.807, 2.05) is 86.6 Å². The maximum atomic E-state index is 13.0. The highest BCUT2D eigenvalue weighted by molar-refractivity contribution is 5.96. The maximum absolute atomic E-state index is 13.0. The van der Waals surface area contributed by atoms with Gasteiger partial charge in [0.15, 0.2) is 0 Å². The lowest BCUT2D eigenvalue weighted by Crippen LogP contribution is -2.40. The fourth-order valence-electron chi connectivity index (χ4n) is 4.75. The van der Waals surface area contributed by atoms with Gasteiger partial charge in [0, 0.05) is 37.1 Å². The second-order valence-corrected chi connectivity index (χ2v) is 9.40. The molecule has 180 valence electrons. The first-order valence-electron chi connectivity index (χ1n) is 12.2. The number of carbonyl (C=O) groups is 1. The average Bonchev–Trinajstić information content (AvgIpc) is 3.27. The van der Waals surface area contributed by atoms with E-state index in [1.165, 1.54) is 0 Å². The Morgan fingerprint density at radius 2 is 1.63 bits per heavy atom. The van der Waals surface area contributed by atoms with Crippen LogP contribution in [0.2, 0.25) is 0 Å². The molecule has 4 aromatic rings. The molecule has 7 nitrogen and oxygen atoms in total. The molecule has 1 aliphatic rings. The Hall–Kier alpha value is -3.87. The van der Waals surface area contributed by atoms with E-state index in [4.69, 9.17) is 14.4 Å². The van der Waals surface area contributed by atoms with Crippen molar-refractivity contribution in [3.63, 3.8) is 0 Å². The molecule has 1 saturated carbocycles. The molecule has 0 unspecified atom stereocenters. The Morgan fingerprint density at radius 1 is 0.943 bits per heavy atom. The van der Waals surface area contributed by atoms with E-state index in [0.717, 1.165) is 48.0 Å². The zero-order chi connectivity index (χ0) is 24.4. The lowest BCUT2D eigenvalue weighted by Gasteiger charge is -2.30. The van der Waals surface area contributed by atoms with Crippen molar-refractivity contribution in [3.05, 3.63) is 72.0 Å². The van der Waals surface area contributed by atoms with E-state index in [2.05, 4.69) is 10.6 Å². The van der Waals surface area contributed by atoms with Gasteiger partial charge in [0.05, 0.1) is 11.1 Å². The number of nitrogens with zero attached hydrogens (tertiary/aromatic N) is 3. The molecular weight excluding hydrogens is 438 g/mol. The summed E-state index contributed by atoms with van der Waals surface area (Å²) in [6, 6.07) is 20.2. The average molecular weight is 470 g/mol. The Morgan fingerprint density at radius 3 is 2.37 bits per heavy atom. The van der Waals surface area contributed by atoms with E-state index >= 15 is 0 Å². The molecule has 0 atom stereocenters. The van der Waals surface area contributed by atoms with Crippen LogP contribution in [-0.4, -0.2) is 42.1 Å². The number of amides is 1. The number of hydrogen-bond acceptors (Lipinski definition) is 6. The summed E-state index contributed by atoms with van der Waals surface area (Å²) in [5.41, 5.74) is 2.50. The number of aromatic nitrogens is 2. The number of rotatable bonds is 6. The molecule has 0 radical (unpaired) electrons. The summed E-state index contributed by atoms with van der Waals surface area (Å²) in [7, 11) is 3.99. The number of furan rings is 1. The molecule has 2 aromatic heterocycles. The van der Waals surface area contributed by atoms with Crippen molar-refractivity contribution in [2.45, 2.75) is 44.7 Å². The fourth-order valence-corrected chi connectivity index (χ4v) is 4.75. The third-order valence-corrected chi connectivity index (χ3v) is 6.62. The number of benzene rings is 2. The van der Waals surface area contributed by atoms with Crippen molar-refractivity contribution in [3.8, 4) is 11.3 Å². The third-order valence-electron chi connectivity index (χ3n) is 6.62. The summed E-state index contributed by atoms with van der Waals surface area (Å²) in [6.07, 6.45) is 3.69. The van der Waals surface area contributed by atoms with Gasteiger partial charge in [0.25, 0.3) is 5.91 Å². The highest BCUT2D eigenvalue weighted by Gasteiger charge is 2.25. The fraction of sp³-hybridized carbons (Fsp3) is 0.321. The molecule has 0 spiro atoms. The predicted molar refractivity (Wildman–Crippen MR) is 140 cm³/mol. The van der Waals surface area contributed by atoms with Crippen molar-refractivity contribution >= 4 is 28.6 Å². The molecule has 0 saturated heterocycles. The van der Waals surface area contributed by atoms with Crippen LogP contribution < -0.4 is 15.5 Å². The van der Waals surface area contributed by atoms with Crippen LogP contribution in [0.5, 0.6) is 0 Å². The van der Waals surface area contributed by atoms with Crippen molar-refractivity contribution < 1.29 is 9.21 Å². The zero-order valence-corrected chi connectivity index (χ0v) is 20.4. The van der Waals surface area contributed by atoms with Gasteiger partial charge < -0.3 is 20.0 Å². The standard InChI is InChI=1S/C28H31N5O2/c1-18-23(17-25(35-18)19-9-5-4-6-10-19)27(34)29-20-13-15-21(16-14-20)30-28-31-24-12-8-7-11-22(24)26(32-28)33(2)3/h4-12,17,20-21H,13-16H2,1-3H3,(H,29,34)(H,30,31,32). The molecule has 1 aliphatic carbocycles. The second-order valence-electron chi connectivity index (χ2n) is 9.40. The minimum absolute atomic E-state index is 0.0710. The Balaban J connectivity index is 1.20. The Bertz CT molecular complexity index is 1320. The number of carbonyl (C=O) groups excluding carboxylic acids is 1. The summed E-state index contributed by atoms with van der Waals surface area (Å²) >= 11 is 0. The smallest absolute Gasteiger partial charge is 0.255 e. The van der Waals surface area contributed by atoms with Gasteiger partial charge >= 0.3 is 0 Å². The predicted octanol–water partition coefficient (Wildman–Crippen LogP) is 5.42. The number of hydrogen-bond donors (Lipinski definition) is 2. The van der Waals surface area contributed by atoms with Gasteiger partial charge in [0.2, 0.25) is 5.95 Å². The molecule has 1 amide bonds. The Labute approximate surface area is 205 Å². The van der Waals surface area contributed by atoms with Crippen LogP contribution >= 0.6 is 0 Å². The molecule has 5 rings (SSSR count). The summed E-state index contributed by atoms with van der Waals surface area (Å²) in [4.78, 5) is 24.5.